The van der Waals surface area contributed by atoms with Gasteiger partial charge >= 0.3 is 0 Å². The molecule has 0 saturated heterocycles. The molecule has 0 unspecified atom stereocenters. The summed E-state index contributed by atoms with van der Waals surface area (Å²) in [6, 6.07) is 39.2. The number of para-hydroxylation sites is 2. The molecule has 3 heterocycles. The maximum atomic E-state index is 5.14. The first kappa shape index (κ1) is 18.2. The van der Waals surface area contributed by atoms with E-state index in [2.05, 4.69) is 114 Å². The number of nitrogens with zero attached hydrogens (tertiary/aromatic N) is 2. The predicted octanol–water partition coefficient (Wildman–Crippen LogP) is 8.85. The highest BCUT2D eigenvalue weighted by molar-refractivity contribution is 7.26. The maximum absolute atomic E-state index is 5.14. The smallest absolute Gasteiger partial charge is 0.0917 e. The van der Waals surface area contributed by atoms with Crippen molar-refractivity contribution in [3.05, 3.63) is 109 Å². The lowest BCUT2D eigenvalue weighted by molar-refractivity contribution is 1.21. The van der Waals surface area contributed by atoms with Crippen LogP contribution in [0.15, 0.2) is 109 Å². The number of thiophene rings is 1. The predicted molar refractivity (Wildman–Crippen MR) is 146 cm³/mol. The second kappa shape index (κ2) is 6.66. The van der Waals surface area contributed by atoms with Gasteiger partial charge in [-0.25, -0.2) is 4.98 Å². The highest BCUT2D eigenvalue weighted by Gasteiger charge is 2.20. The number of aromatic nitrogens is 2. The molecule has 0 aliphatic carbocycles. The Morgan fingerprint density at radius 3 is 2.18 bits per heavy atom. The van der Waals surface area contributed by atoms with Gasteiger partial charge in [-0.2, -0.15) is 0 Å². The molecule has 0 radical (unpaired) electrons. The number of benzene rings is 5. The van der Waals surface area contributed by atoms with E-state index in [1.165, 1.54) is 58.4 Å². The first-order valence-electron chi connectivity index (χ1n) is 11.5. The maximum Gasteiger partial charge on any atom is 0.0917 e. The Bertz CT molecular complexity index is 2080. The van der Waals surface area contributed by atoms with Crippen LogP contribution in [0.1, 0.15) is 0 Å². The third-order valence-electron chi connectivity index (χ3n) is 6.96. The van der Waals surface area contributed by atoms with Crippen molar-refractivity contribution >= 4 is 75.1 Å². The van der Waals surface area contributed by atoms with Crippen LogP contribution in [-0.2, 0) is 0 Å². The second-order valence-electron chi connectivity index (χ2n) is 8.79. The molecule has 0 aliphatic rings. The summed E-state index contributed by atoms with van der Waals surface area (Å²) in [5.74, 6) is 0. The molecule has 2 nitrogen and oxygen atoms in total. The van der Waals surface area contributed by atoms with Crippen LogP contribution in [0, 0.1) is 0 Å². The zero-order chi connectivity index (χ0) is 22.2. The molecule has 0 amide bonds. The minimum Gasteiger partial charge on any atom is -0.307 e. The SMILES string of the molecule is c1ccc2c(c1)ccc1c2c2ccccc2n1-c1c2ccccc2nc2c1sc1ccccc12. The summed E-state index contributed by atoms with van der Waals surface area (Å²) < 4.78 is 4.97. The highest BCUT2D eigenvalue weighted by Crippen LogP contribution is 2.44. The Morgan fingerprint density at radius 1 is 0.559 bits per heavy atom. The van der Waals surface area contributed by atoms with Gasteiger partial charge < -0.3 is 4.57 Å². The first-order chi connectivity index (χ1) is 16.9. The fourth-order valence-corrected chi connectivity index (χ4v) is 6.71. The number of hydrogen-bond acceptors (Lipinski definition) is 2. The van der Waals surface area contributed by atoms with Crippen molar-refractivity contribution in [2.45, 2.75) is 0 Å². The number of pyridine rings is 1. The first-order valence-corrected chi connectivity index (χ1v) is 12.3. The zero-order valence-corrected chi connectivity index (χ0v) is 19.0. The van der Waals surface area contributed by atoms with Gasteiger partial charge in [0.25, 0.3) is 0 Å². The largest absolute Gasteiger partial charge is 0.307 e. The molecule has 0 aliphatic heterocycles. The van der Waals surface area contributed by atoms with Crippen molar-refractivity contribution in [1.29, 1.82) is 0 Å². The minimum atomic E-state index is 1.03. The van der Waals surface area contributed by atoms with Crippen LogP contribution >= 0.6 is 11.3 Å². The average Bonchev–Trinajstić information content (AvgIpc) is 3.43. The molecule has 34 heavy (non-hydrogen) atoms. The van der Waals surface area contributed by atoms with Crippen LogP contribution in [0.2, 0.25) is 0 Å². The monoisotopic (exact) mass is 450 g/mol. The molecule has 8 aromatic rings. The van der Waals surface area contributed by atoms with Gasteiger partial charge in [-0.1, -0.05) is 84.9 Å². The van der Waals surface area contributed by atoms with E-state index in [0.29, 0.717) is 0 Å². The van der Waals surface area contributed by atoms with Crippen molar-refractivity contribution in [2.24, 2.45) is 0 Å². The van der Waals surface area contributed by atoms with Crippen molar-refractivity contribution < 1.29 is 0 Å². The van der Waals surface area contributed by atoms with Crippen LogP contribution in [0.25, 0.3) is 69.5 Å². The van der Waals surface area contributed by atoms with Crippen molar-refractivity contribution in [1.82, 2.24) is 9.55 Å². The molecule has 8 rings (SSSR count). The van der Waals surface area contributed by atoms with Crippen molar-refractivity contribution in [2.75, 3.05) is 0 Å². The van der Waals surface area contributed by atoms with Gasteiger partial charge in [-0.15, -0.1) is 11.3 Å². The van der Waals surface area contributed by atoms with Gasteiger partial charge in [0.05, 0.1) is 32.5 Å². The molecule has 5 aromatic carbocycles. The van der Waals surface area contributed by atoms with Gasteiger partial charge in [0.1, 0.15) is 0 Å². The molecule has 0 N–H and O–H groups in total. The molecule has 0 bridgehead atoms. The standard InChI is InChI=1S/C31H18N2S/c1-2-10-20-19(9-1)17-18-26-28(20)22-12-4-7-15-25(22)33(26)30-21-11-3-6-14-24(21)32-29-23-13-5-8-16-27(23)34-31(29)30/h1-18H. The summed E-state index contributed by atoms with van der Waals surface area (Å²) in [5.41, 5.74) is 5.79. The van der Waals surface area contributed by atoms with Gasteiger partial charge in [-0.05, 0) is 35.0 Å². The van der Waals surface area contributed by atoms with Crippen LogP contribution in [0.3, 0.4) is 0 Å². The number of fused-ring (bicyclic) bond motifs is 9. The summed E-state index contributed by atoms with van der Waals surface area (Å²) in [5, 5.41) is 7.55. The lowest BCUT2D eigenvalue weighted by Crippen LogP contribution is -1.97. The lowest BCUT2D eigenvalue weighted by atomic mass is 10.0. The molecular formula is C31H18N2S. The Kier molecular flexibility index (Phi) is 3.57. The van der Waals surface area contributed by atoms with Crippen LogP contribution in [0.5, 0.6) is 0 Å². The molecule has 0 fully saturated rings. The fourth-order valence-electron chi connectivity index (χ4n) is 5.52. The Balaban J connectivity index is 1.68. The van der Waals surface area contributed by atoms with Crippen LogP contribution in [-0.4, -0.2) is 9.55 Å². The number of rotatable bonds is 1. The Hall–Kier alpha value is -4.21. The molecular weight excluding hydrogens is 432 g/mol. The molecule has 158 valence electrons. The van der Waals surface area contributed by atoms with Crippen LogP contribution in [0.4, 0.5) is 0 Å². The fraction of sp³-hybridized carbons (Fsp3) is 0. The third-order valence-corrected chi connectivity index (χ3v) is 8.13. The summed E-state index contributed by atoms with van der Waals surface area (Å²) in [4.78, 5) is 5.14. The van der Waals surface area contributed by atoms with E-state index >= 15 is 0 Å². The van der Waals surface area contributed by atoms with E-state index < -0.39 is 0 Å². The molecule has 0 spiro atoms. The van der Waals surface area contributed by atoms with E-state index in [0.717, 1.165) is 11.0 Å². The van der Waals surface area contributed by atoms with Gasteiger partial charge in [0.15, 0.2) is 0 Å². The van der Waals surface area contributed by atoms with Gasteiger partial charge in [0, 0.05) is 26.2 Å². The minimum absolute atomic E-state index is 1.03. The molecule has 0 atom stereocenters. The summed E-state index contributed by atoms with van der Waals surface area (Å²) in [6.07, 6.45) is 0. The van der Waals surface area contributed by atoms with Crippen molar-refractivity contribution in [3.63, 3.8) is 0 Å². The zero-order valence-electron chi connectivity index (χ0n) is 18.2. The lowest BCUT2D eigenvalue weighted by Gasteiger charge is -2.13. The highest BCUT2D eigenvalue weighted by atomic mass is 32.1. The van der Waals surface area contributed by atoms with Crippen LogP contribution < -0.4 is 0 Å². The average molecular weight is 451 g/mol. The van der Waals surface area contributed by atoms with Gasteiger partial charge in [0.2, 0.25) is 0 Å². The Labute approximate surface area is 199 Å². The summed E-state index contributed by atoms with van der Waals surface area (Å²) in [7, 11) is 0. The summed E-state index contributed by atoms with van der Waals surface area (Å²) >= 11 is 1.84. The summed E-state index contributed by atoms with van der Waals surface area (Å²) in [6.45, 7) is 0. The third kappa shape index (κ3) is 2.32. The normalized spacial score (nSPS) is 12.1. The number of hydrogen-bond donors (Lipinski definition) is 0. The topological polar surface area (TPSA) is 17.8 Å². The van der Waals surface area contributed by atoms with E-state index in [4.69, 9.17) is 4.98 Å². The van der Waals surface area contributed by atoms with E-state index in [1.807, 2.05) is 11.3 Å². The molecule has 0 saturated carbocycles. The second-order valence-corrected chi connectivity index (χ2v) is 9.84. The molecule has 3 aromatic heterocycles. The Morgan fingerprint density at radius 2 is 1.26 bits per heavy atom. The quantitative estimate of drug-likeness (QED) is 0.244. The van der Waals surface area contributed by atoms with Gasteiger partial charge in [-0.3, -0.25) is 0 Å². The van der Waals surface area contributed by atoms with E-state index in [1.54, 1.807) is 0 Å². The van der Waals surface area contributed by atoms with Crippen molar-refractivity contribution in [3.8, 4) is 5.69 Å². The van der Waals surface area contributed by atoms with E-state index in [-0.39, 0.29) is 0 Å². The van der Waals surface area contributed by atoms with E-state index in [9.17, 15) is 0 Å². The molecule has 3 heteroatoms.